The van der Waals surface area contributed by atoms with Gasteiger partial charge in [-0.05, 0) is 55.4 Å². The zero-order valence-electron chi connectivity index (χ0n) is 25.3. The number of amides is 3. The van der Waals surface area contributed by atoms with E-state index in [4.69, 9.17) is 0 Å². The van der Waals surface area contributed by atoms with Gasteiger partial charge in [0.05, 0.1) is 11.6 Å². The van der Waals surface area contributed by atoms with Gasteiger partial charge in [0.1, 0.15) is 17.6 Å². The third-order valence-electron chi connectivity index (χ3n) is 9.24. The molecule has 2 fully saturated rings. The highest BCUT2D eigenvalue weighted by molar-refractivity contribution is 6.01. The summed E-state index contributed by atoms with van der Waals surface area (Å²) >= 11 is 0. The molecular weight excluding hydrogens is 578 g/mol. The molecule has 0 bridgehead atoms. The zero-order valence-corrected chi connectivity index (χ0v) is 25.3. The molecule has 8 nitrogen and oxygen atoms in total. The highest BCUT2D eigenvalue weighted by Crippen LogP contribution is 2.42. The van der Waals surface area contributed by atoms with Crippen molar-refractivity contribution in [2.75, 3.05) is 5.32 Å². The fourth-order valence-electron chi connectivity index (χ4n) is 6.88. The number of aromatic nitrogens is 2. The Bertz CT molecular complexity index is 1260. The van der Waals surface area contributed by atoms with Crippen LogP contribution in [0.1, 0.15) is 100 Å². The number of benzene rings is 1. The van der Waals surface area contributed by atoms with Crippen LogP contribution >= 0.6 is 0 Å². The van der Waals surface area contributed by atoms with Crippen LogP contribution in [0.5, 0.6) is 0 Å². The predicted molar refractivity (Wildman–Crippen MR) is 158 cm³/mol. The molecule has 2 saturated carbocycles. The van der Waals surface area contributed by atoms with E-state index in [1.807, 2.05) is 6.92 Å². The highest BCUT2D eigenvalue weighted by atomic mass is 19.3. The van der Waals surface area contributed by atoms with Crippen molar-refractivity contribution in [2.45, 2.75) is 109 Å². The van der Waals surface area contributed by atoms with Gasteiger partial charge < -0.3 is 16.0 Å². The number of carbonyl (C=O) groups is 3. The fourth-order valence-corrected chi connectivity index (χ4v) is 6.88. The van der Waals surface area contributed by atoms with Crippen LogP contribution in [0.4, 0.5) is 23.2 Å². The van der Waals surface area contributed by atoms with E-state index in [2.05, 4.69) is 15.7 Å². The summed E-state index contributed by atoms with van der Waals surface area (Å²) < 4.78 is 55.3. The molecule has 242 valence electrons. The van der Waals surface area contributed by atoms with Gasteiger partial charge in [0, 0.05) is 12.7 Å². The Kier molecular flexibility index (Phi) is 11.8. The number of hydrogen-bond acceptors (Lipinski definition) is 4. The topological polar surface area (TPSA) is 105 Å². The van der Waals surface area contributed by atoms with E-state index < -0.39 is 48.2 Å². The number of hydrogen-bond donors (Lipinski definition) is 3. The minimum absolute atomic E-state index is 0.124. The first-order chi connectivity index (χ1) is 21.1. The van der Waals surface area contributed by atoms with E-state index in [1.54, 1.807) is 16.1 Å². The van der Waals surface area contributed by atoms with Gasteiger partial charge in [0.2, 0.25) is 18.1 Å². The van der Waals surface area contributed by atoms with Crippen molar-refractivity contribution in [3.05, 3.63) is 47.5 Å². The molecule has 3 N–H and O–H groups in total. The van der Waals surface area contributed by atoms with E-state index in [0.29, 0.717) is 12.2 Å². The molecule has 2 aromatic rings. The van der Waals surface area contributed by atoms with Crippen molar-refractivity contribution < 1.29 is 31.9 Å². The van der Waals surface area contributed by atoms with Crippen LogP contribution in [-0.2, 0) is 16.1 Å². The molecule has 1 aromatic heterocycles. The van der Waals surface area contributed by atoms with Crippen LogP contribution in [0.15, 0.2) is 30.5 Å². The van der Waals surface area contributed by atoms with Gasteiger partial charge in [-0.15, -0.1) is 0 Å². The number of nitrogens with zero attached hydrogens (tertiary/aromatic N) is 2. The molecule has 0 spiro atoms. The second kappa shape index (κ2) is 15.5. The molecule has 4 rings (SSSR count). The molecular formula is C32H43F4N5O3. The summed E-state index contributed by atoms with van der Waals surface area (Å²) in [6.07, 6.45) is 5.65. The largest absolute Gasteiger partial charge is 0.339 e. The normalized spacial score (nSPS) is 18.5. The average Bonchev–Trinajstić information content (AvgIpc) is 3.51. The molecule has 0 radical (unpaired) electrons. The van der Waals surface area contributed by atoms with E-state index in [-0.39, 0.29) is 29.0 Å². The minimum atomic E-state index is -3.39. The molecule has 1 aromatic carbocycles. The Morgan fingerprint density at radius 3 is 2.07 bits per heavy atom. The van der Waals surface area contributed by atoms with Crippen molar-refractivity contribution >= 4 is 23.4 Å². The Labute approximate surface area is 255 Å². The summed E-state index contributed by atoms with van der Waals surface area (Å²) in [6, 6.07) is 4.36. The smallest absolute Gasteiger partial charge is 0.287 e. The first kappa shape index (κ1) is 33.5. The molecule has 0 aliphatic heterocycles. The predicted octanol–water partition coefficient (Wildman–Crippen LogP) is 6.34. The van der Waals surface area contributed by atoms with Gasteiger partial charge in [0.25, 0.3) is 12.3 Å². The summed E-state index contributed by atoms with van der Waals surface area (Å²) in [5.41, 5.74) is 0.312. The first-order valence-corrected chi connectivity index (χ1v) is 15.8. The maximum absolute atomic E-state index is 15.3. The van der Waals surface area contributed by atoms with E-state index in [0.717, 1.165) is 70.3 Å². The lowest BCUT2D eigenvalue weighted by Gasteiger charge is -2.42. The summed E-state index contributed by atoms with van der Waals surface area (Å²) in [5.74, 6) is -3.61. The van der Waals surface area contributed by atoms with Gasteiger partial charge in [-0.25, -0.2) is 17.6 Å². The van der Waals surface area contributed by atoms with Gasteiger partial charge in [-0.3, -0.25) is 19.1 Å². The molecule has 3 unspecified atom stereocenters. The molecule has 12 heteroatoms. The summed E-state index contributed by atoms with van der Waals surface area (Å²) in [6.45, 7) is 3.68. The van der Waals surface area contributed by atoms with Crippen LogP contribution in [-0.4, -0.2) is 46.3 Å². The minimum Gasteiger partial charge on any atom is -0.339 e. The van der Waals surface area contributed by atoms with Crippen molar-refractivity contribution in [3.8, 4) is 0 Å². The van der Waals surface area contributed by atoms with Crippen molar-refractivity contribution in [3.63, 3.8) is 0 Å². The lowest BCUT2D eigenvalue weighted by atomic mass is 9.66. The summed E-state index contributed by atoms with van der Waals surface area (Å²) in [5, 5.41) is 11.5. The SMILES string of the molecule is CCn1nccc1C(=O)NC(C(=O)Nc1ccc(C(C)C(=O)NC(F)C(F)F)cc1F)C(C1CCCCC1)C1CCCCC1. The quantitative estimate of drug-likeness (QED) is 0.190. The number of rotatable bonds is 12. The zero-order chi connectivity index (χ0) is 31.8. The van der Waals surface area contributed by atoms with Crippen molar-refractivity contribution in [1.82, 2.24) is 20.4 Å². The van der Waals surface area contributed by atoms with Crippen LogP contribution in [0.25, 0.3) is 0 Å². The Balaban J connectivity index is 1.60. The fraction of sp³-hybridized carbons (Fsp3) is 0.625. The molecule has 1 heterocycles. The summed E-state index contributed by atoms with van der Waals surface area (Å²) in [4.78, 5) is 39.8. The third-order valence-corrected chi connectivity index (χ3v) is 9.24. The maximum Gasteiger partial charge on any atom is 0.287 e. The number of anilines is 1. The second-order valence-electron chi connectivity index (χ2n) is 12.1. The molecule has 3 amide bonds. The molecule has 2 aliphatic carbocycles. The Morgan fingerprint density at radius 2 is 1.52 bits per heavy atom. The lowest BCUT2D eigenvalue weighted by molar-refractivity contribution is -0.126. The standard InChI is InChI=1S/C32H43F4N5O3/c1-3-41-25(16-17-37-41)31(43)39-27(26(20-10-6-4-7-11-20)21-12-8-5-9-13-21)32(44)38-24-15-14-22(18-23(24)33)19(2)30(42)40-29(36)28(34)35/h14-21,26-29H,3-13H2,1-2H3,(H,38,44)(H,39,43)(H,40,42). The van der Waals surface area contributed by atoms with Crippen LogP contribution in [0, 0.1) is 23.6 Å². The van der Waals surface area contributed by atoms with E-state index in [1.165, 1.54) is 25.3 Å². The maximum atomic E-state index is 15.3. The first-order valence-electron chi connectivity index (χ1n) is 15.8. The highest BCUT2D eigenvalue weighted by Gasteiger charge is 2.41. The van der Waals surface area contributed by atoms with Crippen LogP contribution < -0.4 is 16.0 Å². The Hall–Kier alpha value is -3.44. The van der Waals surface area contributed by atoms with Crippen LogP contribution in [0.3, 0.4) is 0 Å². The lowest BCUT2D eigenvalue weighted by Crippen LogP contribution is -2.53. The molecule has 0 saturated heterocycles. The van der Waals surface area contributed by atoms with E-state index >= 15 is 4.39 Å². The van der Waals surface area contributed by atoms with E-state index in [9.17, 15) is 27.6 Å². The van der Waals surface area contributed by atoms with Crippen molar-refractivity contribution in [2.24, 2.45) is 17.8 Å². The van der Waals surface area contributed by atoms with Gasteiger partial charge in [-0.2, -0.15) is 5.10 Å². The van der Waals surface area contributed by atoms with Gasteiger partial charge in [-0.1, -0.05) is 70.3 Å². The van der Waals surface area contributed by atoms with Gasteiger partial charge >= 0.3 is 0 Å². The average molecular weight is 622 g/mol. The van der Waals surface area contributed by atoms with Crippen LogP contribution in [0.2, 0.25) is 0 Å². The number of aryl methyl sites for hydroxylation is 1. The monoisotopic (exact) mass is 621 g/mol. The third kappa shape index (κ3) is 8.18. The van der Waals surface area contributed by atoms with Crippen molar-refractivity contribution in [1.29, 1.82) is 0 Å². The molecule has 44 heavy (non-hydrogen) atoms. The number of carbonyl (C=O) groups excluding carboxylic acids is 3. The van der Waals surface area contributed by atoms with Gasteiger partial charge in [0.15, 0.2) is 0 Å². The number of alkyl halides is 3. The number of halogens is 4. The molecule has 2 aliphatic rings. The summed E-state index contributed by atoms with van der Waals surface area (Å²) in [7, 11) is 0. The number of nitrogens with one attached hydrogen (secondary N) is 3. The second-order valence-corrected chi connectivity index (χ2v) is 12.1. The molecule has 3 atom stereocenters. The Morgan fingerprint density at radius 1 is 0.909 bits per heavy atom.